The van der Waals surface area contributed by atoms with Crippen LogP contribution in [0.3, 0.4) is 0 Å². The van der Waals surface area contributed by atoms with Gasteiger partial charge in [-0.25, -0.2) is 14.4 Å². The van der Waals surface area contributed by atoms with Crippen LogP contribution in [0.4, 0.5) is 29.2 Å². The van der Waals surface area contributed by atoms with Crippen molar-refractivity contribution in [2.24, 2.45) is 11.8 Å². The van der Waals surface area contributed by atoms with Crippen LogP contribution in [-0.4, -0.2) is 34.7 Å². The first-order valence-electron chi connectivity index (χ1n) is 10.5. The molecule has 1 aliphatic heterocycles. The van der Waals surface area contributed by atoms with Crippen LogP contribution in [0.15, 0.2) is 30.5 Å². The Labute approximate surface area is 182 Å². The van der Waals surface area contributed by atoms with Gasteiger partial charge in [0.15, 0.2) is 5.78 Å². The predicted molar refractivity (Wildman–Crippen MR) is 109 cm³/mol. The largest absolute Gasteiger partial charge is 0.416 e. The number of hydrogen-bond donors (Lipinski definition) is 1. The topological polar surface area (TPSA) is 75.2 Å². The van der Waals surface area contributed by atoms with E-state index in [1.807, 2.05) is 0 Å². The number of piperidine rings is 1. The van der Waals surface area contributed by atoms with Crippen molar-refractivity contribution in [1.29, 1.82) is 0 Å². The number of alkyl halides is 3. The van der Waals surface area contributed by atoms with E-state index in [1.165, 1.54) is 12.3 Å². The molecule has 170 valence electrons. The standard InChI is InChI=1S/C22H22F4N4O2/c23-16-11-15(22(24,25)26)5-6-18(16)30-9-1-2-13(12-30)10-19(31)17-7-8-27-21(28-17)29-20(32)14-3-4-14/h5-8,11,13-14H,1-4,9-10,12H2,(H,27,28,29,32)/t13-/m0/s1. The van der Waals surface area contributed by atoms with Crippen LogP contribution in [0.5, 0.6) is 0 Å². The summed E-state index contributed by atoms with van der Waals surface area (Å²) in [5, 5.41) is 2.61. The minimum atomic E-state index is -4.61. The maximum Gasteiger partial charge on any atom is 0.416 e. The summed E-state index contributed by atoms with van der Waals surface area (Å²) >= 11 is 0. The molecule has 1 N–H and O–H groups in total. The van der Waals surface area contributed by atoms with E-state index < -0.39 is 17.6 Å². The van der Waals surface area contributed by atoms with Crippen molar-refractivity contribution in [3.8, 4) is 0 Å². The molecule has 1 saturated heterocycles. The van der Waals surface area contributed by atoms with Gasteiger partial charge in [-0.05, 0) is 55.9 Å². The van der Waals surface area contributed by atoms with Crippen LogP contribution < -0.4 is 10.2 Å². The highest BCUT2D eigenvalue weighted by Crippen LogP contribution is 2.34. The molecule has 1 aliphatic carbocycles. The lowest BCUT2D eigenvalue weighted by atomic mass is 9.91. The summed E-state index contributed by atoms with van der Waals surface area (Å²) < 4.78 is 52.8. The number of aromatic nitrogens is 2. The number of benzene rings is 1. The molecule has 2 heterocycles. The van der Waals surface area contributed by atoms with Crippen molar-refractivity contribution in [1.82, 2.24) is 9.97 Å². The number of hydrogen-bond acceptors (Lipinski definition) is 5. The molecule has 0 unspecified atom stereocenters. The maximum absolute atomic E-state index is 14.4. The lowest BCUT2D eigenvalue weighted by molar-refractivity contribution is -0.137. The van der Waals surface area contributed by atoms with Crippen molar-refractivity contribution in [3.63, 3.8) is 0 Å². The Morgan fingerprint density at radius 1 is 1.16 bits per heavy atom. The number of anilines is 2. The van der Waals surface area contributed by atoms with Gasteiger partial charge in [0.05, 0.1) is 11.3 Å². The second-order valence-electron chi connectivity index (χ2n) is 8.27. The highest BCUT2D eigenvalue weighted by Gasteiger charge is 2.33. The summed E-state index contributed by atoms with van der Waals surface area (Å²) in [5.74, 6) is -1.34. The molecular weight excluding hydrogens is 428 g/mol. The van der Waals surface area contributed by atoms with Crippen LogP contribution in [0, 0.1) is 17.7 Å². The zero-order valence-corrected chi connectivity index (χ0v) is 17.2. The monoisotopic (exact) mass is 450 g/mol. The van der Waals surface area contributed by atoms with E-state index in [2.05, 4.69) is 15.3 Å². The quantitative estimate of drug-likeness (QED) is 0.519. The normalized spacial score (nSPS) is 19.0. The highest BCUT2D eigenvalue weighted by molar-refractivity contribution is 5.96. The SMILES string of the molecule is O=C(C[C@@H]1CCCN(c2ccc(C(F)(F)F)cc2F)C1)c1ccnc(NC(=O)C2CC2)n1. The Hall–Kier alpha value is -3.04. The minimum Gasteiger partial charge on any atom is -0.369 e. The lowest BCUT2D eigenvalue weighted by Crippen LogP contribution is -2.37. The average molecular weight is 450 g/mol. The van der Waals surface area contributed by atoms with Gasteiger partial charge in [0.1, 0.15) is 11.5 Å². The van der Waals surface area contributed by atoms with Gasteiger partial charge in [-0.1, -0.05) is 0 Å². The van der Waals surface area contributed by atoms with Crippen LogP contribution >= 0.6 is 0 Å². The first-order chi connectivity index (χ1) is 15.2. The number of Topliss-reactive ketones (excluding diaryl/α,β-unsaturated/α-hetero) is 1. The van der Waals surface area contributed by atoms with E-state index in [0.29, 0.717) is 25.6 Å². The van der Waals surface area contributed by atoms with Crippen LogP contribution in [0.25, 0.3) is 0 Å². The average Bonchev–Trinajstić information content (AvgIpc) is 3.59. The Kier molecular flexibility index (Phi) is 6.12. The van der Waals surface area contributed by atoms with Gasteiger partial charge in [0.2, 0.25) is 11.9 Å². The number of nitrogens with one attached hydrogen (secondary N) is 1. The number of rotatable bonds is 6. The molecule has 2 fully saturated rings. The molecule has 2 aliphatic rings. The van der Waals surface area contributed by atoms with Crippen molar-refractivity contribution >= 4 is 23.3 Å². The van der Waals surface area contributed by atoms with Gasteiger partial charge in [-0.2, -0.15) is 13.2 Å². The first-order valence-corrected chi connectivity index (χ1v) is 10.5. The molecule has 1 saturated carbocycles. The predicted octanol–water partition coefficient (Wildman–Crippen LogP) is 4.47. The number of halogens is 4. The molecule has 2 aromatic rings. The smallest absolute Gasteiger partial charge is 0.369 e. The van der Waals surface area contributed by atoms with Crippen LogP contribution in [0.2, 0.25) is 0 Å². The number of ketones is 1. The van der Waals surface area contributed by atoms with Gasteiger partial charge in [0, 0.05) is 31.6 Å². The molecule has 1 aromatic carbocycles. The molecule has 32 heavy (non-hydrogen) atoms. The zero-order valence-electron chi connectivity index (χ0n) is 17.2. The Bertz CT molecular complexity index is 1020. The molecule has 0 radical (unpaired) electrons. The zero-order chi connectivity index (χ0) is 22.9. The van der Waals surface area contributed by atoms with Gasteiger partial charge in [-0.3, -0.25) is 14.9 Å². The number of carbonyl (C=O) groups excluding carboxylic acids is 2. The van der Waals surface area contributed by atoms with Crippen molar-refractivity contribution in [3.05, 3.63) is 47.5 Å². The van der Waals surface area contributed by atoms with Crippen molar-refractivity contribution in [2.75, 3.05) is 23.3 Å². The van der Waals surface area contributed by atoms with E-state index >= 15 is 0 Å². The fraction of sp³-hybridized carbons (Fsp3) is 0.455. The maximum atomic E-state index is 14.4. The van der Waals surface area contributed by atoms with E-state index in [4.69, 9.17) is 0 Å². The Balaban J connectivity index is 1.40. The molecule has 6 nitrogen and oxygen atoms in total. The molecule has 0 spiro atoms. The Morgan fingerprint density at radius 2 is 1.94 bits per heavy atom. The van der Waals surface area contributed by atoms with Crippen LogP contribution in [-0.2, 0) is 11.0 Å². The number of carbonyl (C=O) groups is 2. The summed E-state index contributed by atoms with van der Waals surface area (Å²) in [7, 11) is 0. The van der Waals surface area contributed by atoms with E-state index in [9.17, 15) is 27.2 Å². The third kappa shape index (κ3) is 5.23. The van der Waals surface area contributed by atoms with Crippen molar-refractivity contribution in [2.45, 2.75) is 38.3 Å². The summed E-state index contributed by atoms with van der Waals surface area (Å²) in [6, 6.07) is 3.99. The molecule has 4 rings (SSSR count). The summed E-state index contributed by atoms with van der Waals surface area (Å²) in [6.07, 6.45) is 0.0556. The molecule has 10 heteroatoms. The van der Waals surface area contributed by atoms with Crippen LogP contribution in [0.1, 0.15) is 48.2 Å². The first kappa shape index (κ1) is 22.2. The number of amides is 1. The Morgan fingerprint density at radius 3 is 2.62 bits per heavy atom. The third-order valence-electron chi connectivity index (χ3n) is 5.73. The van der Waals surface area contributed by atoms with E-state index in [-0.39, 0.29) is 47.3 Å². The summed E-state index contributed by atoms with van der Waals surface area (Å²) in [5.41, 5.74) is -0.748. The third-order valence-corrected chi connectivity index (χ3v) is 5.73. The molecular formula is C22H22F4N4O2. The van der Waals surface area contributed by atoms with Gasteiger partial charge < -0.3 is 4.90 Å². The second-order valence-corrected chi connectivity index (χ2v) is 8.27. The summed E-state index contributed by atoms with van der Waals surface area (Å²) in [4.78, 5) is 34.4. The van der Waals surface area contributed by atoms with Crippen molar-refractivity contribution < 1.29 is 27.2 Å². The minimum absolute atomic E-state index is 0.0169. The lowest BCUT2D eigenvalue weighted by Gasteiger charge is -2.34. The van der Waals surface area contributed by atoms with Gasteiger partial charge in [-0.15, -0.1) is 0 Å². The fourth-order valence-corrected chi connectivity index (χ4v) is 3.89. The molecule has 0 bridgehead atoms. The highest BCUT2D eigenvalue weighted by atomic mass is 19.4. The van der Waals surface area contributed by atoms with E-state index in [1.54, 1.807) is 4.90 Å². The van der Waals surface area contributed by atoms with Gasteiger partial charge >= 0.3 is 6.18 Å². The molecule has 1 aromatic heterocycles. The second kappa shape index (κ2) is 8.84. The van der Waals surface area contributed by atoms with E-state index in [0.717, 1.165) is 31.4 Å². The van der Waals surface area contributed by atoms with Gasteiger partial charge in [0.25, 0.3) is 0 Å². The summed E-state index contributed by atoms with van der Waals surface area (Å²) in [6.45, 7) is 0.849. The molecule has 1 atom stereocenters. The fourth-order valence-electron chi connectivity index (χ4n) is 3.89. The molecule has 1 amide bonds. The number of nitrogens with zero attached hydrogens (tertiary/aromatic N) is 3.